The normalized spacial score (nSPS) is 18.0. The van der Waals surface area contributed by atoms with E-state index in [9.17, 15) is 4.79 Å². The molecule has 4 nitrogen and oxygen atoms in total. The minimum Gasteiger partial charge on any atom is -0.370 e. The highest BCUT2D eigenvalue weighted by atomic mass is 35.5. The Kier molecular flexibility index (Phi) is 5.53. The van der Waals surface area contributed by atoms with E-state index in [0.717, 1.165) is 42.9 Å². The lowest BCUT2D eigenvalue weighted by Gasteiger charge is -2.32. The number of hydrogen-bond donors (Lipinski definition) is 2. The van der Waals surface area contributed by atoms with E-state index in [-0.39, 0.29) is 5.91 Å². The van der Waals surface area contributed by atoms with Crippen LogP contribution >= 0.6 is 11.6 Å². The zero-order valence-corrected chi connectivity index (χ0v) is 16.2. The van der Waals surface area contributed by atoms with Crippen LogP contribution in [-0.4, -0.2) is 25.0 Å². The van der Waals surface area contributed by atoms with Gasteiger partial charge in [-0.3, -0.25) is 4.79 Å². The molecular formula is C22H26ClN3O. The minimum absolute atomic E-state index is 0.0215. The van der Waals surface area contributed by atoms with Crippen molar-refractivity contribution in [1.82, 2.24) is 5.32 Å². The van der Waals surface area contributed by atoms with Gasteiger partial charge < -0.3 is 15.5 Å². The second-order valence-corrected chi connectivity index (χ2v) is 7.92. The van der Waals surface area contributed by atoms with Crippen molar-refractivity contribution in [3.8, 4) is 0 Å². The number of amides is 1. The second-order valence-electron chi connectivity index (χ2n) is 7.48. The Bertz CT molecular complexity index is 785. The number of piperidine rings is 1. The summed E-state index contributed by atoms with van der Waals surface area (Å²) in [6.07, 6.45) is 5.83. The Balaban J connectivity index is 1.63. The molecule has 0 bridgehead atoms. The van der Waals surface area contributed by atoms with E-state index in [1.165, 1.54) is 19.3 Å². The van der Waals surface area contributed by atoms with E-state index in [2.05, 4.69) is 21.6 Å². The van der Waals surface area contributed by atoms with Gasteiger partial charge in [-0.05, 0) is 55.9 Å². The number of anilines is 2. The minimum atomic E-state index is -0.436. The summed E-state index contributed by atoms with van der Waals surface area (Å²) in [6.45, 7) is 2.08. The molecule has 2 aliphatic rings. The first kappa shape index (κ1) is 18.2. The third kappa shape index (κ3) is 4.56. The van der Waals surface area contributed by atoms with Crippen LogP contribution in [0.2, 0.25) is 5.02 Å². The first-order chi connectivity index (χ1) is 13.2. The van der Waals surface area contributed by atoms with Crippen LogP contribution in [0.5, 0.6) is 0 Å². The van der Waals surface area contributed by atoms with E-state index in [1.807, 2.05) is 42.5 Å². The fourth-order valence-electron chi connectivity index (χ4n) is 3.65. The fraction of sp³-hybridized carbons (Fsp3) is 0.409. The summed E-state index contributed by atoms with van der Waals surface area (Å²) in [5.74, 6) is 0.0215. The quantitative estimate of drug-likeness (QED) is 0.755. The monoisotopic (exact) mass is 383 g/mol. The van der Waals surface area contributed by atoms with Gasteiger partial charge in [-0.15, -0.1) is 0 Å². The Hall–Kier alpha value is -2.20. The van der Waals surface area contributed by atoms with Crippen LogP contribution in [0.4, 0.5) is 11.4 Å². The molecule has 1 aliphatic heterocycles. The number of rotatable bonds is 6. The summed E-state index contributed by atoms with van der Waals surface area (Å²) in [6, 6.07) is 15.7. The topological polar surface area (TPSA) is 44.4 Å². The van der Waals surface area contributed by atoms with E-state index >= 15 is 0 Å². The summed E-state index contributed by atoms with van der Waals surface area (Å²) in [4.78, 5) is 15.3. The summed E-state index contributed by atoms with van der Waals surface area (Å²) in [5, 5.41) is 7.31. The molecule has 2 fully saturated rings. The van der Waals surface area contributed by atoms with Gasteiger partial charge in [0.05, 0.1) is 11.4 Å². The van der Waals surface area contributed by atoms with E-state index < -0.39 is 6.04 Å². The zero-order chi connectivity index (χ0) is 18.6. The lowest BCUT2D eigenvalue weighted by atomic mass is 10.0. The smallest absolute Gasteiger partial charge is 0.247 e. The van der Waals surface area contributed by atoms with Gasteiger partial charge in [0, 0.05) is 24.2 Å². The standard InChI is InChI=1S/C22H26ClN3O/c23-17-9-12-20(26-13-5-2-6-14-26)19(15-17)25-21(16-7-3-1-4-8-16)22(27)24-18-10-11-18/h1,3-4,7-9,12,15,18,21,25H,2,5-6,10-11,13-14H2,(H,24,27)/t21-/m1/s1. The molecule has 2 N–H and O–H groups in total. The number of halogens is 1. The average Bonchev–Trinajstić information content (AvgIpc) is 3.51. The molecule has 27 heavy (non-hydrogen) atoms. The molecule has 0 spiro atoms. The summed E-state index contributed by atoms with van der Waals surface area (Å²) in [7, 11) is 0. The molecule has 1 heterocycles. The Morgan fingerprint density at radius 3 is 2.48 bits per heavy atom. The number of nitrogens with one attached hydrogen (secondary N) is 2. The molecule has 0 aromatic heterocycles. The van der Waals surface area contributed by atoms with Gasteiger partial charge in [0.1, 0.15) is 6.04 Å². The zero-order valence-electron chi connectivity index (χ0n) is 15.5. The van der Waals surface area contributed by atoms with Crippen molar-refractivity contribution >= 4 is 28.9 Å². The molecule has 2 aromatic rings. The van der Waals surface area contributed by atoms with Crippen molar-refractivity contribution in [2.75, 3.05) is 23.3 Å². The second kappa shape index (κ2) is 8.22. The molecule has 1 saturated carbocycles. The van der Waals surface area contributed by atoms with Crippen LogP contribution in [0, 0.1) is 0 Å². The van der Waals surface area contributed by atoms with Gasteiger partial charge >= 0.3 is 0 Å². The lowest BCUT2D eigenvalue weighted by Crippen LogP contribution is -2.35. The van der Waals surface area contributed by atoms with Crippen LogP contribution in [-0.2, 0) is 4.79 Å². The highest BCUT2D eigenvalue weighted by Crippen LogP contribution is 2.34. The molecule has 0 radical (unpaired) electrons. The maximum Gasteiger partial charge on any atom is 0.247 e. The van der Waals surface area contributed by atoms with E-state index in [1.54, 1.807) is 0 Å². The highest BCUT2D eigenvalue weighted by Gasteiger charge is 2.29. The average molecular weight is 384 g/mol. The Labute approximate surface area is 165 Å². The number of nitrogens with zero attached hydrogens (tertiary/aromatic N) is 1. The predicted octanol–water partition coefficient (Wildman–Crippen LogP) is 4.76. The van der Waals surface area contributed by atoms with Gasteiger partial charge in [0.2, 0.25) is 5.91 Å². The van der Waals surface area contributed by atoms with Crippen molar-refractivity contribution < 1.29 is 4.79 Å². The number of carbonyl (C=O) groups is 1. The molecule has 142 valence electrons. The Morgan fingerprint density at radius 1 is 1.04 bits per heavy atom. The fourth-order valence-corrected chi connectivity index (χ4v) is 3.82. The van der Waals surface area contributed by atoms with Gasteiger partial charge in [0.25, 0.3) is 0 Å². The number of benzene rings is 2. The van der Waals surface area contributed by atoms with Crippen LogP contribution in [0.25, 0.3) is 0 Å². The highest BCUT2D eigenvalue weighted by molar-refractivity contribution is 6.31. The molecule has 0 unspecified atom stereocenters. The van der Waals surface area contributed by atoms with Crippen molar-refractivity contribution in [3.63, 3.8) is 0 Å². The lowest BCUT2D eigenvalue weighted by molar-refractivity contribution is -0.122. The van der Waals surface area contributed by atoms with Gasteiger partial charge in [0.15, 0.2) is 0 Å². The summed E-state index contributed by atoms with van der Waals surface area (Å²) in [5.41, 5.74) is 3.00. The molecule has 1 saturated heterocycles. The predicted molar refractivity (Wildman–Crippen MR) is 111 cm³/mol. The molecule has 1 atom stereocenters. The van der Waals surface area contributed by atoms with Crippen molar-refractivity contribution in [2.24, 2.45) is 0 Å². The first-order valence-electron chi connectivity index (χ1n) is 9.87. The van der Waals surface area contributed by atoms with Crippen molar-refractivity contribution in [3.05, 3.63) is 59.1 Å². The largest absolute Gasteiger partial charge is 0.370 e. The number of carbonyl (C=O) groups excluding carboxylic acids is 1. The van der Waals surface area contributed by atoms with Crippen LogP contribution in [0.3, 0.4) is 0 Å². The van der Waals surface area contributed by atoms with Crippen LogP contribution in [0.15, 0.2) is 48.5 Å². The van der Waals surface area contributed by atoms with Crippen molar-refractivity contribution in [2.45, 2.75) is 44.2 Å². The van der Waals surface area contributed by atoms with E-state index in [4.69, 9.17) is 11.6 Å². The van der Waals surface area contributed by atoms with Gasteiger partial charge in [-0.2, -0.15) is 0 Å². The number of hydrogen-bond acceptors (Lipinski definition) is 3. The molecule has 2 aromatic carbocycles. The van der Waals surface area contributed by atoms with Gasteiger partial charge in [-0.25, -0.2) is 0 Å². The molecular weight excluding hydrogens is 358 g/mol. The van der Waals surface area contributed by atoms with Crippen LogP contribution in [0.1, 0.15) is 43.7 Å². The molecule has 5 heteroatoms. The van der Waals surface area contributed by atoms with Gasteiger partial charge in [-0.1, -0.05) is 41.9 Å². The van der Waals surface area contributed by atoms with Crippen LogP contribution < -0.4 is 15.5 Å². The maximum absolute atomic E-state index is 13.0. The summed E-state index contributed by atoms with van der Waals surface area (Å²) >= 11 is 6.30. The SMILES string of the molecule is O=C(NC1CC1)[C@H](Nc1cc(Cl)ccc1N1CCCCC1)c1ccccc1. The maximum atomic E-state index is 13.0. The first-order valence-corrected chi connectivity index (χ1v) is 10.2. The van der Waals surface area contributed by atoms with E-state index in [0.29, 0.717) is 11.1 Å². The molecule has 1 amide bonds. The van der Waals surface area contributed by atoms with Crippen molar-refractivity contribution in [1.29, 1.82) is 0 Å². The molecule has 4 rings (SSSR count). The third-order valence-corrected chi connectivity index (χ3v) is 5.51. The summed E-state index contributed by atoms with van der Waals surface area (Å²) < 4.78 is 0. The Morgan fingerprint density at radius 2 is 1.78 bits per heavy atom. The molecule has 1 aliphatic carbocycles. The third-order valence-electron chi connectivity index (χ3n) is 5.27.